The van der Waals surface area contributed by atoms with Crippen LogP contribution in [0.25, 0.3) is 0 Å². The molecule has 3 nitrogen and oxygen atoms in total. The number of esters is 1. The number of alkyl halides is 3. The van der Waals surface area contributed by atoms with E-state index in [0.29, 0.717) is 5.56 Å². The fourth-order valence-corrected chi connectivity index (χ4v) is 1.70. The average Bonchev–Trinajstić information content (AvgIpc) is 2.36. The molecule has 0 aromatic heterocycles. The minimum absolute atomic E-state index is 0.392. The molecule has 0 radical (unpaired) electrons. The molecule has 2 unspecified atom stereocenters. The summed E-state index contributed by atoms with van der Waals surface area (Å²) >= 11 is 0. The smallest absolute Gasteiger partial charge is 0.416 e. The molecule has 106 valence electrons. The first-order valence-electron chi connectivity index (χ1n) is 5.76. The molecule has 0 aliphatic carbocycles. The minimum Gasteiger partial charge on any atom is -0.468 e. The second-order valence-electron chi connectivity index (χ2n) is 4.26. The van der Waals surface area contributed by atoms with Gasteiger partial charge in [0.1, 0.15) is 6.04 Å². The summed E-state index contributed by atoms with van der Waals surface area (Å²) in [5.41, 5.74) is -0.241. The lowest BCUT2D eigenvalue weighted by atomic mass is 10.0. The Balaban J connectivity index is 2.83. The van der Waals surface area contributed by atoms with Crippen molar-refractivity contribution in [2.75, 3.05) is 7.11 Å². The van der Waals surface area contributed by atoms with E-state index in [2.05, 4.69) is 10.1 Å². The van der Waals surface area contributed by atoms with E-state index in [1.54, 1.807) is 19.9 Å². The fourth-order valence-electron chi connectivity index (χ4n) is 1.70. The summed E-state index contributed by atoms with van der Waals surface area (Å²) in [7, 11) is 1.26. The quantitative estimate of drug-likeness (QED) is 0.859. The van der Waals surface area contributed by atoms with Gasteiger partial charge in [0, 0.05) is 6.04 Å². The number of carbonyl (C=O) groups is 1. The molecule has 1 aromatic carbocycles. The molecule has 0 aliphatic heterocycles. The van der Waals surface area contributed by atoms with Gasteiger partial charge in [-0.05, 0) is 31.5 Å². The van der Waals surface area contributed by atoms with Gasteiger partial charge in [-0.2, -0.15) is 13.2 Å². The summed E-state index contributed by atoms with van der Waals surface area (Å²) in [5.74, 6) is -0.459. The van der Waals surface area contributed by atoms with Crippen LogP contribution >= 0.6 is 0 Å². The third kappa shape index (κ3) is 4.24. The van der Waals surface area contributed by atoms with E-state index >= 15 is 0 Å². The summed E-state index contributed by atoms with van der Waals surface area (Å²) in [6.45, 7) is 3.28. The molecule has 0 fully saturated rings. The van der Waals surface area contributed by atoms with Gasteiger partial charge in [0.15, 0.2) is 0 Å². The van der Waals surface area contributed by atoms with Gasteiger partial charge >= 0.3 is 12.1 Å². The predicted octanol–water partition coefficient (Wildman–Crippen LogP) is 2.92. The topological polar surface area (TPSA) is 38.3 Å². The number of hydrogen-bond donors (Lipinski definition) is 1. The Bertz CT molecular complexity index is 446. The molecule has 0 heterocycles. The van der Waals surface area contributed by atoms with E-state index in [4.69, 9.17) is 0 Å². The first-order valence-corrected chi connectivity index (χ1v) is 5.76. The zero-order valence-corrected chi connectivity index (χ0v) is 10.9. The Morgan fingerprint density at radius 2 is 1.95 bits per heavy atom. The highest BCUT2D eigenvalue weighted by molar-refractivity contribution is 5.75. The maximum absolute atomic E-state index is 12.6. The first kappa shape index (κ1) is 15.5. The van der Waals surface area contributed by atoms with Crippen LogP contribution in [-0.4, -0.2) is 19.1 Å². The average molecular weight is 275 g/mol. The molecule has 1 aromatic rings. The lowest BCUT2D eigenvalue weighted by Crippen LogP contribution is -2.36. The highest BCUT2D eigenvalue weighted by Crippen LogP contribution is 2.30. The van der Waals surface area contributed by atoms with Crippen LogP contribution < -0.4 is 5.32 Å². The zero-order chi connectivity index (χ0) is 14.6. The molecular weight excluding hydrogens is 259 g/mol. The van der Waals surface area contributed by atoms with E-state index < -0.39 is 29.8 Å². The first-order chi connectivity index (χ1) is 8.75. The molecule has 0 saturated heterocycles. The Kier molecular flexibility index (Phi) is 4.94. The van der Waals surface area contributed by atoms with Gasteiger partial charge in [-0.15, -0.1) is 0 Å². The number of methoxy groups -OCH3 is 1. The lowest BCUT2D eigenvalue weighted by Gasteiger charge is -2.19. The van der Waals surface area contributed by atoms with Crippen molar-refractivity contribution in [3.05, 3.63) is 35.4 Å². The van der Waals surface area contributed by atoms with E-state index in [1.807, 2.05) is 0 Å². The van der Waals surface area contributed by atoms with Crippen molar-refractivity contribution >= 4 is 5.97 Å². The molecule has 0 bridgehead atoms. The SMILES string of the molecule is COC(=O)C(C)NC(C)c1cccc(C(F)(F)F)c1. The van der Waals surface area contributed by atoms with Crippen LogP contribution in [0.3, 0.4) is 0 Å². The number of rotatable bonds is 4. The highest BCUT2D eigenvalue weighted by atomic mass is 19.4. The van der Waals surface area contributed by atoms with Crippen molar-refractivity contribution in [1.29, 1.82) is 0 Å². The van der Waals surface area contributed by atoms with Crippen molar-refractivity contribution in [2.24, 2.45) is 0 Å². The summed E-state index contributed by atoms with van der Waals surface area (Å²) in [5, 5.41) is 2.88. The van der Waals surface area contributed by atoms with Gasteiger partial charge in [-0.3, -0.25) is 10.1 Å². The van der Waals surface area contributed by atoms with Crippen molar-refractivity contribution in [1.82, 2.24) is 5.32 Å². The molecule has 0 spiro atoms. The summed E-state index contributed by atoms with van der Waals surface area (Å²) in [4.78, 5) is 11.2. The highest BCUT2D eigenvalue weighted by Gasteiger charge is 2.30. The third-order valence-corrected chi connectivity index (χ3v) is 2.77. The Morgan fingerprint density at radius 3 is 2.47 bits per heavy atom. The number of nitrogens with one attached hydrogen (secondary N) is 1. The normalized spacial score (nSPS) is 14.8. The third-order valence-electron chi connectivity index (χ3n) is 2.77. The molecule has 2 atom stereocenters. The zero-order valence-electron chi connectivity index (χ0n) is 10.9. The standard InChI is InChI=1S/C13H16F3NO2/c1-8(17-9(2)12(18)19-3)10-5-4-6-11(7-10)13(14,15)16/h4-9,17H,1-3H3. The van der Waals surface area contributed by atoms with Crippen LogP contribution in [0.15, 0.2) is 24.3 Å². The minimum atomic E-state index is -4.37. The van der Waals surface area contributed by atoms with Gasteiger partial charge in [0.05, 0.1) is 12.7 Å². The van der Waals surface area contributed by atoms with Gasteiger partial charge in [0.2, 0.25) is 0 Å². The monoisotopic (exact) mass is 275 g/mol. The lowest BCUT2D eigenvalue weighted by molar-refractivity contribution is -0.143. The molecule has 19 heavy (non-hydrogen) atoms. The molecule has 1 rings (SSSR count). The Morgan fingerprint density at radius 1 is 1.32 bits per heavy atom. The van der Waals surface area contributed by atoms with Crippen LogP contribution in [0.2, 0.25) is 0 Å². The van der Waals surface area contributed by atoms with Crippen molar-refractivity contribution in [3.8, 4) is 0 Å². The predicted molar refractivity (Wildman–Crippen MR) is 64.5 cm³/mol. The van der Waals surface area contributed by atoms with Crippen molar-refractivity contribution in [3.63, 3.8) is 0 Å². The molecule has 6 heteroatoms. The van der Waals surface area contributed by atoms with E-state index in [1.165, 1.54) is 13.2 Å². The summed E-state index contributed by atoms with van der Waals surface area (Å²) in [6.07, 6.45) is -4.37. The summed E-state index contributed by atoms with van der Waals surface area (Å²) in [6, 6.07) is 4.03. The number of hydrogen-bond acceptors (Lipinski definition) is 3. The largest absolute Gasteiger partial charge is 0.468 e. The van der Waals surface area contributed by atoms with Crippen LogP contribution in [0.1, 0.15) is 31.0 Å². The number of carbonyl (C=O) groups excluding carboxylic acids is 1. The summed E-state index contributed by atoms with van der Waals surface area (Å²) < 4.78 is 42.3. The number of benzene rings is 1. The molecule has 0 aliphatic rings. The van der Waals surface area contributed by atoms with Gasteiger partial charge in [0.25, 0.3) is 0 Å². The van der Waals surface area contributed by atoms with E-state index in [-0.39, 0.29) is 0 Å². The van der Waals surface area contributed by atoms with Crippen molar-refractivity contribution < 1.29 is 22.7 Å². The maximum atomic E-state index is 12.6. The van der Waals surface area contributed by atoms with E-state index in [9.17, 15) is 18.0 Å². The van der Waals surface area contributed by atoms with Crippen LogP contribution in [0.5, 0.6) is 0 Å². The second kappa shape index (κ2) is 6.06. The van der Waals surface area contributed by atoms with Crippen molar-refractivity contribution in [2.45, 2.75) is 32.1 Å². The van der Waals surface area contributed by atoms with Crippen LogP contribution in [0, 0.1) is 0 Å². The second-order valence-corrected chi connectivity index (χ2v) is 4.26. The molecule has 1 N–H and O–H groups in total. The number of halogens is 3. The molecule has 0 amide bonds. The fraction of sp³-hybridized carbons (Fsp3) is 0.462. The van der Waals surface area contributed by atoms with Gasteiger partial charge in [-0.1, -0.05) is 12.1 Å². The number of ether oxygens (including phenoxy) is 1. The molecule has 0 saturated carbocycles. The maximum Gasteiger partial charge on any atom is 0.416 e. The Labute approximate surface area is 109 Å². The Hall–Kier alpha value is -1.56. The van der Waals surface area contributed by atoms with Gasteiger partial charge in [-0.25, -0.2) is 0 Å². The molecular formula is C13H16F3NO2. The van der Waals surface area contributed by atoms with Crippen LogP contribution in [-0.2, 0) is 15.7 Å². The van der Waals surface area contributed by atoms with E-state index in [0.717, 1.165) is 12.1 Å². The van der Waals surface area contributed by atoms with Gasteiger partial charge < -0.3 is 4.74 Å². The van der Waals surface area contributed by atoms with Crippen LogP contribution in [0.4, 0.5) is 13.2 Å².